The van der Waals surface area contributed by atoms with Gasteiger partial charge in [-0.1, -0.05) is 24.3 Å². The topological polar surface area (TPSA) is 6.48 Å². The first kappa shape index (κ1) is 13.4. The number of piperazine rings is 1. The molecular weight excluding hydrogens is 256 g/mol. The third-order valence-electron chi connectivity index (χ3n) is 4.58. The number of hydrogen-bond donors (Lipinski definition) is 0. The molecule has 2 nitrogen and oxygen atoms in total. The fraction of sp³-hybridized carbons (Fsp3) is 0.625. The van der Waals surface area contributed by atoms with Crippen LogP contribution in [0.25, 0.3) is 0 Å². The maximum atomic E-state index is 5.84. The molecule has 1 aromatic rings. The summed E-state index contributed by atoms with van der Waals surface area (Å²) in [5, 5.41) is 0. The van der Waals surface area contributed by atoms with Crippen molar-refractivity contribution in [2.45, 2.75) is 37.7 Å². The van der Waals surface area contributed by atoms with Gasteiger partial charge in [-0.2, -0.15) is 0 Å². The van der Waals surface area contributed by atoms with Gasteiger partial charge in [-0.05, 0) is 30.9 Å². The Morgan fingerprint density at radius 2 is 1.74 bits per heavy atom. The van der Waals surface area contributed by atoms with Gasteiger partial charge in [0, 0.05) is 44.1 Å². The van der Waals surface area contributed by atoms with Crippen LogP contribution in [0, 0.1) is 0 Å². The van der Waals surface area contributed by atoms with Crippen molar-refractivity contribution in [2.24, 2.45) is 0 Å². The SMILES string of the molecule is CC(c1ccc(CCl)cc1)N1CCN(C2CC2)CC1. The summed E-state index contributed by atoms with van der Waals surface area (Å²) < 4.78 is 0. The van der Waals surface area contributed by atoms with Crippen LogP contribution in [-0.2, 0) is 5.88 Å². The van der Waals surface area contributed by atoms with E-state index in [2.05, 4.69) is 41.0 Å². The van der Waals surface area contributed by atoms with Gasteiger partial charge in [-0.15, -0.1) is 11.6 Å². The summed E-state index contributed by atoms with van der Waals surface area (Å²) in [6.07, 6.45) is 2.85. The van der Waals surface area contributed by atoms with Crippen LogP contribution < -0.4 is 0 Å². The molecule has 0 spiro atoms. The predicted octanol–water partition coefficient (Wildman–Crippen LogP) is 3.27. The number of rotatable bonds is 4. The molecule has 104 valence electrons. The molecule has 3 heteroatoms. The van der Waals surface area contributed by atoms with Crippen molar-refractivity contribution < 1.29 is 0 Å². The lowest BCUT2D eigenvalue weighted by Crippen LogP contribution is -2.47. The van der Waals surface area contributed by atoms with E-state index in [9.17, 15) is 0 Å². The van der Waals surface area contributed by atoms with Gasteiger partial charge in [0.05, 0.1) is 0 Å². The molecule has 2 fully saturated rings. The molecule has 0 radical (unpaired) electrons. The molecule has 1 aliphatic carbocycles. The van der Waals surface area contributed by atoms with Gasteiger partial charge in [-0.3, -0.25) is 9.80 Å². The Morgan fingerprint density at radius 1 is 1.11 bits per heavy atom. The summed E-state index contributed by atoms with van der Waals surface area (Å²) in [6.45, 7) is 7.22. The zero-order chi connectivity index (χ0) is 13.2. The molecule has 0 aromatic heterocycles. The monoisotopic (exact) mass is 278 g/mol. The van der Waals surface area contributed by atoms with Crippen LogP contribution >= 0.6 is 11.6 Å². The molecule has 1 unspecified atom stereocenters. The minimum absolute atomic E-state index is 0.519. The third-order valence-corrected chi connectivity index (χ3v) is 4.88. The number of hydrogen-bond acceptors (Lipinski definition) is 2. The van der Waals surface area contributed by atoms with E-state index >= 15 is 0 Å². The zero-order valence-corrected chi connectivity index (χ0v) is 12.4. The van der Waals surface area contributed by atoms with Crippen LogP contribution in [0.3, 0.4) is 0 Å². The summed E-state index contributed by atoms with van der Waals surface area (Å²) in [5.41, 5.74) is 2.62. The molecule has 2 aliphatic rings. The molecule has 3 rings (SSSR count). The Labute approximate surface area is 121 Å². The summed E-state index contributed by atoms with van der Waals surface area (Å²) in [5.74, 6) is 0.606. The normalized spacial score (nSPS) is 23.5. The fourth-order valence-corrected chi connectivity index (χ4v) is 3.20. The lowest BCUT2D eigenvalue weighted by molar-refractivity contribution is 0.0975. The van der Waals surface area contributed by atoms with E-state index in [0.29, 0.717) is 11.9 Å². The lowest BCUT2D eigenvalue weighted by Gasteiger charge is -2.38. The smallest absolute Gasteiger partial charge is 0.0474 e. The van der Waals surface area contributed by atoms with E-state index < -0.39 is 0 Å². The highest BCUT2D eigenvalue weighted by molar-refractivity contribution is 6.17. The first-order valence-corrected chi connectivity index (χ1v) is 7.94. The first-order chi connectivity index (χ1) is 9.28. The number of benzene rings is 1. The summed E-state index contributed by atoms with van der Waals surface area (Å²) in [4.78, 5) is 5.27. The van der Waals surface area contributed by atoms with Crippen molar-refractivity contribution in [3.63, 3.8) is 0 Å². The molecular formula is C16H23ClN2. The average Bonchev–Trinajstić information content (AvgIpc) is 3.31. The van der Waals surface area contributed by atoms with Gasteiger partial charge in [0.1, 0.15) is 0 Å². The Balaban J connectivity index is 1.58. The number of halogens is 1. The van der Waals surface area contributed by atoms with Gasteiger partial charge < -0.3 is 0 Å². The first-order valence-electron chi connectivity index (χ1n) is 7.41. The highest BCUT2D eigenvalue weighted by Gasteiger charge is 2.32. The van der Waals surface area contributed by atoms with E-state index in [4.69, 9.17) is 11.6 Å². The van der Waals surface area contributed by atoms with Gasteiger partial charge in [0.25, 0.3) is 0 Å². The van der Waals surface area contributed by atoms with E-state index in [1.165, 1.54) is 50.1 Å². The molecule has 1 heterocycles. The van der Waals surface area contributed by atoms with Gasteiger partial charge in [0.2, 0.25) is 0 Å². The second kappa shape index (κ2) is 5.82. The minimum atomic E-state index is 0.519. The molecule has 1 saturated carbocycles. The lowest BCUT2D eigenvalue weighted by atomic mass is 10.0. The molecule has 0 bridgehead atoms. The van der Waals surface area contributed by atoms with Crippen LogP contribution in [0.5, 0.6) is 0 Å². The fourth-order valence-electron chi connectivity index (χ4n) is 3.03. The summed E-state index contributed by atoms with van der Waals surface area (Å²) >= 11 is 5.84. The van der Waals surface area contributed by atoms with Crippen molar-refractivity contribution >= 4 is 11.6 Å². The Hall–Kier alpha value is -0.570. The molecule has 1 aromatic carbocycles. The highest BCUT2D eigenvalue weighted by Crippen LogP contribution is 2.29. The van der Waals surface area contributed by atoms with Crippen LogP contribution in [0.2, 0.25) is 0 Å². The standard InChI is InChI=1S/C16H23ClN2/c1-13(15-4-2-14(12-17)3-5-15)18-8-10-19(11-9-18)16-6-7-16/h2-5,13,16H,6-12H2,1H3. The number of alkyl halides is 1. The van der Waals surface area contributed by atoms with Crippen molar-refractivity contribution in [1.82, 2.24) is 9.80 Å². The van der Waals surface area contributed by atoms with Crippen molar-refractivity contribution in [3.05, 3.63) is 35.4 Å². The van der Waals surface area contributed by atoms with Crippen molar-refractivity contribution in [3.8, 4) is 0 Å². The van der Waals surface area contributed by atoms with Gasteiger partial charge in [0.15, 0.2) is 0 Å². The van der Waals surface area contributed by atoms with Crippen LogP contribution in [0.4, 0.5) is 0 Å². The molecule has 19 heavy (non-hydrogen) atoms. The largest absolute Gasteiger partial charge is 0.298 e. The Morgan fingerprint density at radius 3 is 2.26 bits per heavy atom. The number of nitrogens with zero attached hydrogens (tertiary/aromatic N) is 2. The second-order valence-electron chi connectivity index (χ2n) is 5.85. The molecule has 1 aliphatic heterocycles. The Bertz CT molecular complexity index is 405. The Kier molecular flexibility index (Phi) is 4.11. The van der Waals surface area contributed by atoms with Crippen LogP contribution in [0.15, 0.2) is 24.3 Å². The average molecular weight is 279 g/mol. The maximum absolute atomic E-state index is 5.84. The van der Waals surface area contributed by atoms with Crippen molar-refractivity contribution in [1.29, 1.82) is 0 Å². The van der Waals surface area contributed by atoms with E-state index in [-0.39, 0.29) is 0 Å². The van der Waals surface area contributed by atoms with E-state index in [1.807, 2.05) is 0 Å². The second-order valence-corrected chi connectivity index (χ2v) is 6.12. The van der Waals surface area contributed by atoms with Crippen molar-refractivity contribution in [2.75, 3.05) is 26.2 Å². The van der Waals surface area contributed by atoms with Gasteiger partial charge >= 0.3 is 0 Å². The summed E-state index contributed by atoms with van der Waals surface area (Å²) in [6, 6.07) is 10.2. The van der Waals surface area contributed by atoms with E-state index in [0.717, 1.165) is 6.04 Å². The minimum Gasteiger partial charge on any atom is -0.298 e. The summed E-state index contributed by atoms with van der Waals surface area (Å²) in [7, 11) is 0. The van der Waals surface area contributed by atoms with Crippen LogP contribution in [0.1, 0.15) is 36.9 Å². The van der Waals surface area contributed by atoms with Crippen LogP contribution in [-0.4, -0.2) is 42.0 Å². The quantitative estimate of drug-likeness (QED) is 0.780. The third kappa shape index (κ3) is 3.13. The molecule has 0 N–H and O–H groups in total. The van der Waals surface area contributed by atoms with Gasteiger partial charge in [-0.25, -0.2) is 0 Å². The molecule has 1 atom stereocenters. The van der Waals surface area contributed by atoms with E-state index in [1.54, 1.807) is 0 Å². The zero-order valence-electron chi connectivity index (χ0n) is 11.7. The molecule has 0 amide bonds. The molecule has 1 saturated heterocycles. The predicted molar refractivity (Wildman–Crippen MR) is 80.6 cm³/mol. The maximum Gasteiger partial charge on any atom is 0.0474 e. The highest BCUT2D eigenvalue weighted by atomic mass is 35.5.